The largest absolute Gasteiger partial charge is 0.497 e. The Bertz CT molecular complexity index is 628. The highest BCUT2D eigenvalue weighted by molar-refractivity contribution is 5.94. The molecular weight excluding hydrogens is 285 g/mol. The van der Waals surface area contributed by atoms with Gasteiger partial charge in [-0.25, -0.2) is 4.39 Å². The van der Waals surface area contributed by atoms with Crippen LogP contribution in [-0.4, -0.2) is 25.7 Å². The number of benzene rings is 2. The van der Waals surface area contributed by atoms with Gasteiger partial charge in [-0.05, 0) is 49.4 Å². The maximum Gasteiger partial charge on any atom is 0.251 e. The summed E-state index contributed by atoms with van der Waals surface area (Å²) >= 11 is 0. The maximum atomic E-state index is 13.1. The second-order valence-electron chi connectivity index (χ2n) is 4.87. The highest BCUT2D eigenvalue weighted by Gasteiger charge is 2.11. The summed E-state index contributed by atoms with van der Waals surface area (Å²) in [7, 11) is 1.60. The Balaban J connectivity index is 1.84. The van der Waals surface area contributed by atoms with Crippen molar-refractivity contribution in [2.75, 3.05) is 13.7 Å². The van der Waals surface area contributed by atoms with Gasteiger partial charge in [-0.15, -0.1) is 0 Å². The lowest BCUT2D eigenvalue weighted by Gasteiger charge is -2.15. The van der Waals surface area contributed by atoms with Crippen LogP contribution in [0.2, 0.25) is 0 Å². The summed E-state index contributed by atoms with van der Waals surface area (Å²) in [5.74, 6) is 0.674. The number of methoxy groups -OCH3 is 1. The van der Waals surface area contributed by atoms with Crippen molar-refractivity contribution in [3.63, 3.8) is 0 Å². The van der Waals surface area contributed by atoms with Gasteiger partial charge in [-0.3, -0.25) is 4.79 Å². The molecule has 0 aliphatic rings. The smallest absolute Gasteiger partial charge is 0.251 e. The lowest BCUT2D eigenvalue weighted by Crippen LogP contribution is -2.36. The van der Waals surface area contributed by atoms with Crippen molar-refractivity contribution in [2.24, 2.45) is 0 Å². The lowest BCUT2D eigenvalue weighted by atomic mass is 10.2. The molecule has 2 rings (SSSR count). The molecule has 0 heterocycles. The van der Waals surface area contributed by atoms with E-state index in [1.807, 2.05) is 6.92 Å². The SMILES string of the molecule is COc1ccc(OC[C@@H](C)NC(=O)c2cccc(F)c2)cc1. The Kier molecular flexibility index (Phi) is 5.36. The number of carbonyl (C=O) groups is 1. The Morgan fingerprint density at radius 2 is 1.86 bits per heavy atom. The van der Waals surface area contributed by atoms with Crippen LogP contribution in [0.15, 0.2) is 48.5 Å². The standard InChI is InChI=1S/C17H18FNO3/c1-12(11-22-16-8-6-15(21-2)7-9-16)19-17(20)13-4-3-5-14(18)10-13/h3-10,12H,11H2,1-2H3,(H,19,20)/t12-/m1/s1. The van der Waals surface area contributed by atoms with Crippen LogP contribution >= 0.6 is 0 Å². The minimum absolute atomic E-state index is 0.210. The number of rotatable bonds is 6. The van der Waals surface area contributed by atoms with E-state index in [2.05, 4.69) is 5.32 Å². The van der Waals surface area contributed by atoms with Crippen molar-refractivity contribution in [1.29, 1.82) is 0 Å². The molecule has 0 unspecified atom stereocenters. The predicted molar refractivity (Wildman–Crippen MR) is 81.8 cm³/mol. The van der Waals surface area contributed by atoms with Gasteiger partial charge in [0.1, 0.15) is 23.9 Å². The molecule has 0 aliphatic heterocycles. The third-order valence-electron chi connectivity index (χ3n) is 3.02. The van der Waals surface area contributed by atoms with Gasteiger partial charge < -0.3 is 14.8 Å². The van der Waals surface area contributed by atoms with Crippen LogP contribution in [0.3, 0.4) is 0 Å². The lowest BCUT2D eigenvalue weighted by molar-refractivity contribution is 0.0926. The van der Waals surface area contributed by atoms with E-state index in [-0.39, 0.29) is 17.5 Å². The molecule has 0 aliphatic carbocycles. The molecule has 0 saturated carbocycles. The molecule has 0 saturated heterocycles. The van der Waals surface area contributed by atoms with Crippen LogP contribution in [0.1, 0.15) is 17.3 Å². The molecule has 22 heavy (non-hydrogen) atoms. The fourth-order valence-electron chi connectivity index (χ4n) is 1.87. The summed E-state index contributed by atoms with van der Waals surface area (Å²) in [6, 6.07) is 12.5. The monoisotopic (exact) mass is 303 g/mol. The molecule has 0 bridgehead atoms. The molecule has 0 spiro atoms. The molecule has 116 valence electrons. The van der Waals surface area contributed by atoms with Crippen molar-refractivity contribution >= 4 is 5.91 Å². The second kappa shape index (κ2) is 7.45. The van der Waals surface area contributed by atoms with Crippen molar-refractivity contribution in [3.8, 4) is 11.5 Å². The fraction of sp³-hybridized carbons (Fsp3) is 0.235. The van der Waals surface area contributed by atoms with E-state index in [0.717, 1.165) is 5.75 Å². The average Bonchev–Trinajstić information content (AvgIpc) is 2.53. The summed E-state index contributed by atoms with van der Waals surface area (Å²) in [6.45, 7) is 2.13. The van der Waals surface area contributed by atoms with Gasteiger partial charge in [-0.1, -0.05) is 6.07 Å². The van der Waals surface area contributed by atoms with Gasteiger partial charge in [0, 0.05) is 5.56 Å². The first-order valence-electron chi connectivity index (χ1n) is 6.92. The molecule has 1 atom stereocenters. The Morgan fingerprint density at radius 3 is 2.50 bits per heavy atom. The third kappa shape index (κ3) is 4.48. The highest BCUT2D eigenvalue weighted by atomic mass is 19.1. The van der Waals surface area contributed by atoms with E-state index in [1.165, 1.54) is 18.2 Å². The van der Waals surface area contributed by atoms with Gasteiger partial charge in [0.25, 0.3) is 5.91 Å². The number of hydrogen-bond donors (Lipinski definition) is 1. The molecule has 5 heteroatoms. The van der Waals surface area contributed by atoms with E-state index in [9.17, 15) is 9.18 Å². The minimum Gasteiger partial charge on any atom is -0.497 e. The summed E-state index contributed by atoms with van der Waals surface area (Å²) in [6.07, 6.45) is 0. The number of nitrogens with one attached hydrogen (secondary N) is 1. The van der Waals surface area contributed by atoms with Crippen molar-refractivity contribution < 1.29 is 18.7 Å². The highest BCUT2D eigenvalue weighted by Crippen LogP contribution is 2.17. The van der Waals surface area contributed by atoms with Gasteiger partial charge in [0.2, 0.25) is 0 Å². The van der Waals surface area contributed by atoms with E-state index in [0.29, 0.717) is 12.4 Å². The zero-order chi connectivity index (χ0) is 15.9. The van der Waals surface area contributed by atoms with E-state index >= 15 is 0 Å². The van der Waals surface area contributed by atoms with Crippen LogP contribution in [0.4, 0.5) is 4.39 Å². The first-order chi connectivity index (χ1) is 10.6. The topological polar surface area (TPSA) is 47.6 Å². The van der Waals surface area contributed by atoms with Gasteiger partial charge in [0.05, 0.1) is 13.2 Å². The Morgan fingerprint density at radius 1 is 1.18 bits per heavy atom. The van der Waals surface area contributed by atoms with Gasteiger partial charge in [0.15, 0.2) is 0 Å². The fourth-order valence-corrected chi connectivity index (χ4v) is 1.87. The zero-order valence-corrected chi connectivity index (χ0v) is 12.5. The molecule has 2 aromatic carbocycles. The molecule has 2 aromatic rings. The van der Waals surface area contributed by atoms with E-state index < -0.39 is 5.82 Å². The Hall–Kier alpha value is -2.56. The third-order valence-corrected chi connectivity index (χ3v) is 3.02. The van der Waals surface area contributed by atoms with Gasteiger partial charge >= 0.3 is 0 Å². The van der Waals surface area contributed by atoms with Crippen molar-refractivity contribution in [1.82, 2.24) is 5.32 Å². The molecule has 4 nitrogen and oxygen atoms in total. The number of carbonyl (C=O) groups excluding carboxylic acids is 1. The summed E-state index contributed by atoms with van der Waals surface area (Å²) < 4.78 is 23.7. The first-order valence-corrected chi connectivity index (χ1v) is 6.92. The van der Waals surface area contributed by atoms with Crippen LogP contribution < -0.4 is 14.8 Å². The van der Waals surface area contributed by atoms with Crippen LogP contribution in [0, 0.1) is 5.82 Å². The number of hydrogen-bond acceptors (Lipinski definition) is 3. The van der Waals surface area contributed by atoms with Crippen LogP contribution in [0.25, 0.3) is 0 Å². The molecule has 1 N–H and O–H groups in total. The first kappa shape index (κ1) is 15.8. The molecule has 1 amide bonds. The minimum atomic E-state index is -0.435. The summed E-state index contributed by atoms with van der Waals surface area (Å²) in [5.41, 5.74) is 0.288. The summed E-state index contributed by atoms with van der Waals surface area (Å²) in [5, 5.41) is 2.76. The predicted octanol–water partition coefficient (Wildman–Crippen LogP) is 3.03. The van der Waals surface area contributed by atoms with E-state index in [1.54, 1.807) is 37.4 Å². The van der Waals surface area contributed by atoms with E-state index in [4.69, 9.17) is 9.47 Å². The number of halogens is 1. The molecule has 0 fully saturated rings. The average molecular weight is 303 g/mol. The molecule has 0 aromatic heterocycles. The Labute approximate surface area is 128 Å². The summed E-state index contributed by atoms with van der Waals surface area (Å²) in [4.78, 5) is 12.0. The zero-order valence-electron chi connectivity index (χ0n) is 12.5. The normalized spacial score (nSPS) is 11.6. The number of amides is 1. The van der Waals surface area contributed by atoms with Crippen molar-refractivity contribution in [2.45, 2.75) is 13.0 Å². The van der Waals surface area contributed by atoms with Crippen LogP contribution in [0.5, 0.6) is 11.5 Å². The number of ether oxygens (including phenoxy) is 2. The quantitative estimate of drug-likeness (QED) is 0.892. The molecular formula is C17H18FNO3. The molecule has 0 radical (unpaired) electrons. The van der Waals surface area contributed by atoms with Crippen LogP contribution in [-0.2, 0) is 0 Å². The van der Waals surface area contributed by atoms with Gasteiger partial charge in [-0.2, -0.15) is 0 Å². The van der Waals surface area contributed by atoms with Crippen molar-refractivity contribution in [3.05, 3.63) is 59.9 Å². The maximum absolute atomic E-state index is 13.1. The second-order valence-corrected chi connectivity index (χ2v) is 4.87.